The number of hydrogen-bond acceptors (Lipinski definition) is 2. The van der Waals surface area contributed by atoms with Crippen molar-refractivity contribution in [1.82, 2.24) is 0 Å². The van der Waals surface area contributed by atoms with Gasteiger partial charge in [0.1, 0.15) is 5.78 Å². The number of anilines is 1. The van der Waals surface area contributed by atoms with Crippen LogP contribution in [0.25, 0.3) is 0 Å². The highest BCUT2D eigenvalue weighted by Crippen LogP contribution is 2.70. The highest BCUT2D eigenvalue weighted by molar-refractivity contribution is 6.04. The normalized spacial score (nSPS) is 33.2. The number of carbonyl (C=O) groups excluding carboxylic acids is 2. The van der Waals surface area contributed by atoms with E-state index in [9.17, 15) is 9.59 Å². The van der Waals surface area contributed by atoms with Crippen LogP contribution in [0.15, 0.2) is 24.3 Å². The van der Waals surface area contributed by atoms with E-state index in [1.54, 1.807) is 0 Å². The van der Waals surface area contributed by atoms with Crippen molar-refractivity contribution < 1.29 is 9.59 Å². The molecule has 112 valence electrons. The number of hydrogen-bond donors (Lipinski definition) is 1. The van der Waals surface area contributed by atoms with Crippen LogP contribution in [0.3, 0.4) is 0 Å². The minimum Gasteiger partial charge on any atom is -0.326 e. The van der Waals surface area contributed by atoms with Gasteiger partial charge in [-0.2, -0.15) is 0 Å². The van der Waals surface area contributed by atoms with E-state index in [-0.39, 0.29) is 22.5 Å². The summed E-state index contributed by atoms with van der Waals surface area (Å²) in [5.74, 6) is 0.255. The van der Waals surface area contributed by atoms with Crippen molar-refractivity contribution in [3.63, 3.8) is 0 Å². The van der Waals surface area contributed by atoms with Gasteiger partial charge >= 0.3 is 0 Å². The summed E-state index contributed by atoms with van der Waals surface area (Å²) in [7, 11) is 0. The zero-order chi connectivity index (χ0) is 15.5. The van der Waals surface area contributed by atoms with Gasteiger partial charge in [0.05, 0.1) is 5.41 Å². The molecule has 3 heteroatoms. The van der Waals surface area contributed by atoms with Gasteiger partial charge in [-0.3, -0.25) is 9.59 Å². The maximum absolute atomic E-state index is 12.9. The number of Topliss-reactive ketones (excluding diaryl/α,β-unsaturated/α-hetero) is 1. The number of ketones is 1. The van der Waals surface area contributed by atoms with Crippen LogP contribution in [0.4, 0.5) is 5.69 Å². The minimum absolute atomic E-state index is 0.00711. The van der Waals surface area contributed by atoms with Crippen LogP contribution < -0.4 is 5.32 Å². The van der Waals surface area contributed by atoms with Gasteiger partial charge in [0.25, 0.3) is 0 Å². The summed E-state index contributed by atoms with van der Waals surface area (Å²) in [5, 5.41) is 3.05. The van der Waals surface area contributed by atoms with Gasteiger partial charge < -0.3 is 5.32 Å². The number of fused-ring (bicyclic) bond motifs is 2. The Kier molecular flexibility index (Phi) is 2.85. The number of rotatable bonds is 2. The fourth-order valence-corrected chi connectivity index (χ4v) is 4.33. The van der Waals surface area contributed by atoms with E-state index in [0.717, 1.165) is 24.1 Å². The van der Waals surface area contributed by atoms with E-state index in [1.807, 2.05) is 38.1 Å². The molecular weight excluding hydrogens is 262 g/mol. The Labute approximate surface area is 126 Å². The number of nitrogens with one attached hydrogen (secondary N) is 1. The SMILES string of the molecule is Cc1cccc(NC(=O)C23CCC(C)(C(=O)C2)C3(C)C)c1. The first-order chi connectivity index (χ1) is 9.73. The summed E-state index contributed by atoms with van der Waals surface area (Å²) in [4.78, 5) is 25.4. The quantitative estimate of drug-likeness (QED) is 0.900. The molecule has 2 bridgehead atoms. The molecule has 1 aromatic rings. The van der Waals surface area contributed by atoms with Crippen LogP contribution in [0, 0.1) is 23.2 Å². The van der Waals surface area contributed by atoms with Gasteiger partial charge in [0.15, 0.2) is 0 Å². The third-order valence-electron chi connectivity index (χ3n) is 6.42. The molecule has 2 aliphatic rings. The van der Waals surface area contributed by atoms with Crippen LogP contribution in [-0.2, 0) is 9.59 Å². The second kappa shape index (κ2) is 4.19. The van der Waals surface area contributed by atoms with Crippen LogP contribution in [0.5, 0.6) is 0 Å². The maximum Gasteiger partial charge on any atom is 0.231 e. The minimum atomic E-state index is -0.553. The highest BCUT2D eigenvalue weighted by Gasteiger charge is 2.72. The highest BCUT2D eigenvalue weighted by atomic mass is 16.2. The molecule has 3 rings (SSSR count). The molecule has 2 aliphatic carbocycles. The molecule has 0 radical (unpaired) electrons. The van der Waals surface area contributed by atoms with Gasteiger partial charge in [0, 0.05) is 17.5 Å². The molecule has 0 aromatic heterocycles. The predicted octanol–water partition coefficient (Wildman–Crippen LogP) is 3.72. The van der Waals surface area contributed by atoms with Gasteiger partial charge in [0.2, 0.25) is 5.91 Å². The maximum atomic E-state index is 12.9. The van der Waals surface area contributed by atoms with Crippen LogP contribution in [0.1, 0.15) is 45.6 Å². The van der Waals surface area contributed by atoms with Crippen LogP contribution >= 0.6 is 0 Å². The van der Waals surface area contributed by atoms with Gasteiger partial charge in [-0.1, -0.05) is 32.9 Å². The van der Waals surface area contributed by atoms with Crippen molar-refractivity contribution in [2.24, 2.45) is 16.2 Å². The molecule has 0 spiro atoms. The second-order valence-corrected chi connectivity index (χ2v) is 7.46. The molecule has 2 fully saturated rings. The molecule has 2 saturated carbocycles. The number of amides is 1. The van der Waals surface area contributed by atoms with E-state index in [4.69, 9.17) is 0 Å². The van der Waals surface area contributed by atoms with Crippen molar-refractivity contribution in [2.45, 2.75) is 47.0 Å². The van der Waals surface area contributed by atoms with Crippen molar-refractivity contribution >= 4 is 17.4 Å². The molecule has 2 unspecified atom stereocenters. The summed E-state index contributed by atoms with van der Waals surface area (Å²) >= 11 is 0. The van der Waals surface area contributed by atoms with E-state index >= 15 is 0 Å². The Morgan fingerprint density at radius 2 is 1.90 bits per heavy atom. The average Bonchev–Trinajstić information content (AvgIpc) is 2.69. The summed E-state index contributed by atoms with van der Waals surface area (Å²) in [6.07, 6.45) is 2.01. The number of carbonyl (C=O) groups is 2. The monoisotopic (exact) mass is 285 g/mol. The van der Waals surface area contributed by atoms with E-state index in [2.05, 4.69) is 19.2 Å². The van der Waals surface area contributed by atoms with E-state index < -0.39 is 5.41 Å². The van der Waals surface area contributed by atoms with Crippen molar-refractivity contribution in [3.8, 4) is 0 Å². The first-order valence-electron chi connectivity index (χ1n) is 7.64. The fraction of sp³-hybridized carbons (Fsp3) is 0.556. The zero-order valence-corrected chi connectivity index (χ0v) is 13.2. The Morgan fingerprint density at radius 1 is 1.19 bits per heavy atom. The molecule has 1 N–H and O–H groups in total. The summed E-state index contributed by atoms with van der Waals surface area (Å²) in [6, 6.07) is 7.81. The number of benzene rings is 1. The topological polar surface area (TPSA) is 46.2 Å². The lowest BCUT2D eigenvalue weighted by Gasteiger charge is -2.38. The van der Waals surface area contributed by atoms with E-state index in [1.165, 1.54) is 0 Å². The third kappa shape index (κ3) is 1.66. The van der Waals surface area contributed by atoms with Crippen molar-refractivity contribution in [1.29, 1.82) is 0 Å². The molecule has 2 atom stereocenters. The second-order valence-electron chi connectivity index (χ2n) is 7.46. The molecular formula is C18H23NO2. The van der Waals surface area contributed by atoms with E-state index in [0.29, 0.717) is 6.42 Å². The predicted molar refractivity (Wildman–Crippen MR) is 83.0 cm³/mol. The summed E-state index contributed by atoms with van der Waals surface area (Å²) in [5.41, 5.74) is 0.742. The molecule has 0 saturated heterocycles. The zero-order valence-electron chi connectivity index (χ0n) is 13.2. The van der Waals surface area contributed by atoms with Crippen LogP contribution in [0.2, 0.25) is 0 Å². The fourth-order valence-electron chi connectivity index (χ4n) is 4.33. The van der Waals surface area contributed by atoms with Crippen molar-refractivity contribution in [2.75, 3.05) is 5.32 Å². The molecule has 3 nitrogen and oxygen atoms in total. The smallest absolute Gasteiger partial charge is 0.231 e. The van der Waals surface area contributed by atoms with Gasteiger partial charge in [-0.25, -0.2) is 0 Å². The lowest BCUT2D eigenvalue weighted by atomic mass is 9.64. The summed E-state index contributed by atoms with van der Waals surface area (Å²) < 4.78 is 0. The number of aryl methyl sites for hydroxylation is 1. The molecule has 21 heavy (non-hydrogen) atoms. The molecule has 0 heterocycles. The molecule has 0 aliphatic heterocycles. The Hall–Kier alpha value is -1.64. The third-order valence-corrected chi connectivity index (χ3v) is 6.42. The van der Waals surface area contributed by atoms with Gasteiger partial charge in [-0.05, 0) is 42.9 Å². The lowest BCUT2D eigenvalue weighted by molar-refractivity contribution is -0.131. The Balaban J connectivity index is 1.93. The average molecular weight is 285 g/mol. The summed E-state index contributed by atoms with van der Waals surface area (Å²) in [6.45, 7) is 8.20. The lowest BCUT2D eigenvalue weighted by Crippen LogP contribution is -2.43. The molecule has 1 aromatic carbocycles. The first kappa shape index (κ1) is 14.3. The largest absolute Gasteiger partial charge is 0.326 e. The first-order valence-corrected chi connectivity index (χ1v) is 7.64. The van der Waals surface area contributed by atoms with Gasteiger partial charge in [-0.15, -0.1) is 0 Å². The standard InChI is InChI=1S/C18H23NO2/c1-12-6-5-7-13(10-12)19-15(21)18-9-8-17(4,14(20)11-18)16(18,2)3/h5-7,10H,8-9,11H2,1-4H3,(H,19,21). The Morgan fingerprint density at radius 3 is 2.43 bits per heavy atom. The van der Waals surface area contributed by atoms with Crippen LogP contribution in [-0.4, -0.2) is 11.7 Å². The Bertz CT molecular complexity index is 634. The van der Waals surface area contributed by atoms with Crippen molar-refractivity contribution in [3.05, 3.63) is 29.8 Å². The molecule has 1 amide bonds.